The Morgan fingerprint density at radius 3 is 3.12 bits per heavy atom. The van der Waals surface area contributed by atoms with Crippen LogP contribution in [0.15, 0.2) is 16.7 Å². The largest absolute Gasteiger partial charge is 0.354 e. The van der Waals surface area contributed by atoms with Gasteiger partial charge in [-0.15, -0.1) is 0 Å². The summed E-state index contributed by atoms with van der Waals surface area (Å²) in [5.74, 6) is 0.631. The molecule has 2 N–H and O–H groups in total. The lowest BCUT2D eigenvalue weighted by molar-refractivity contribution is 0.417. The Labute approximate surface area is 103 Å². The summed E-state index contributed by atoms with van der Waals surface area (Å²) >= 11 is 3.20. The van der Waals surface area contributed by atoms with Crippen molar-refractivity contribution in [3.05, 3.63) is 22.6 Å². The number of nitrogens with zero attached hydrogens (tertiary/aromatic N) is 2. The highest BCUT2D eigenvalue weighted by atomic mass is 79.9. The minimum atomic E-state index is -0.271. The lowest BCUT2D eigenvalue weighted by Crippen LogP contribution is -2.39. The normalized spacial score (nSPS) is 21.2. The average Bonchev–Trinajstić information content (AvgIpc) is 2.29. The quantitative estimate of drug-likeness (QED) is 0.906. The molecule has 0 radical (unpaired) electrons. The number of rotatable bonds is 2. The lowest BCUT2D eigenvalue weighted by atomic mass is 9.98. The zero-order valence-corrected chi connectivity index (χ0v) is 10.6. The van der Waals surface area contributed by atoms with Crippen molar-refractivity contribution in [1.29, 1.82) is 0 Å². The maximum Gasteiger partial charge on any atom is 0.166 e. The Kier molecular flexibility index (Phi) is 3.76. The van der Waals surface area contributed by atoms with E-state index in [1.54, 1.807) is 6.20 Å². The molecule has 16 heavy (non-hydrogen) atoms. The van der Waals surface area contributed by atoms with E-state index in [0.717, 1.165) is 25.9 Å². The first-order valence-corrected chi connectivity index (χ1v) is 6.26. The van der Waals surface area contributed by atoms with Crippen molar-refractivity contribution in [2.45, 2.75) is 12.8 Å². The summed E-state index contributed by atoms with van der Waals surface area (Å²) in [6.45, 7) is 2.33. The number of pyridine rings is 1. The number of piperidine rings is 1. The number of halogens is 2. The minimum Gasteiger partial charge on any atom is -0.354 e. The van der Waals surface area contributed by atoms with E-state index in [0.29, 0.717) is 22.8 Å². The van der Waals surface area contributed by atoms with Crippen molar-refractivity contribution in [3.63, 3.8) is 0 Å². The molecule has 1 unspecified atom stereocenters. The van der Waals surface area contributed by atoms with Gasteiger partial charge in [-0.05, 0) is 47.3 Å². The van der Waals surface area contributed by atoms with Crippen LogP contribution >= 0.6 is 15.9 Å². The fourth-order valence-electron chi connectivity index (χ4n) is 2.09. The predicted octanol–water partition coefficient (Wildman–Crippen LogP) is 2.16. The molecular formula is C11H15BrFN3. The molecule has 1 aliphatic heterocycles. The van der Waals surface area contributed by atoms with Gasteiger partial charge < -0.3 is 10.6 Å². The number of nitrogens with two attached hydrogens (primary N) is 1. The van der Waals surface area contributed by atoms with Crippen molar-refractivity contribution < 1.29 is 4.39 Å². The van der Waals surface area contributed by atoms with Crippen molar-refractivity contribution in [3.8, 4) is 0 Å². The predicted molar refractivity (Wildman–Crippen MR) is 65.9 cm³/mol. The highest BCUT2D eigenvalue weighted by Gasteiger charge is 2.21. The van der Waals surface area contributed by atoms with Crippen LogP contribution in [0.2, 0.25) is 0 Å². The van der Waals surface area contributed by atoms with Crippen molar-refractivity contribution in [1.82, 2.24) is 4.98 Å². The van der Waals surface area contributed by atoms with E-state index < -0.39 is 0 Å². The van der Waals surface area contributed by atoms with Crippen LogP contribution in [-0.2, 0) is 0 Å². The van der Waals surface area contributed by atoms with Crippen molar-refractivity contribution >= 4 is 21.7 Å². The van der Waals surface area contributed by atoms with Crippen molar-refractivity contribution in [2.24, 2.45) is 11.7 Å². The van der Waals surface area contributed by atoms with Crippen LogP contribution in [0, 0.1) is 11.7 Å². The summed E-state index contributed by atoms with van der Waals surface area (Å²) in [7, 11) is 0. The van der Waals surface area contributed by atoms with Crippen LogP contribution in [0.5, 0.6) is 0 Å². The maximum atomic E-state index is 13.7. The third kappa shape index (κ3) is 2.52. The highest BCUT2D eigenvalue weighted by Crippen LogP contribution is 2.24. The summed E-state index contributed by atoms with van der Waals surface area (Å²) in [6, 6.07) is 1.45. The topological polar surface area (TPSA) is 42.1 Å². The van der Waals surface area contributed by atoms with E-state index in [1.807, 2.05) is 4.90 Å². The molecule has 0 aliphatic carbocycles. The first kappa shape index (κ1) is 11.8. The molecule has 1 aliphatic rings. The Morgan fingerprint density at radius 1 is 1.62 bits per heavy atom. The molecule has 1 saturated heterocycles. The van der Waals surface area contributed by atoms with Crippen LogP contribution in [-0.4, -0.2) is 24.6 Å². The first-order chi connectivity index (χ1) is 7.70. The average molecular weight is 288 g/mol. The van der Waals surface area contributed by atoms with Gasteiger partial charge in [0.2, 0.25) is 0 Å². The summed E-state index contributed by atoms with van der Waals surface area (Å²) in [4.78, 5) is 6.12. The minimum absolute atomic E-state index is 0.271. The van der Waals surface area contributed by atoms with Gasteiger partial charge in [0.25, 0.3) is 0 Å². The van der Waals surface area contributed by atoms with Crippen LogP contribution in [0.1, 0.15) is 12.8 Å². The summed E-state index contributed by atoms with van der Waals surface area (Å²) < 4.78 is 14.4. The highest BCUT2D eigenvalue weighted by molar-refractivity contribution is 9.10. The smallest absolute Gasteiger partial charge is 0.166 e. The van der Waals surface area contributed by atoms with Gasteiger partial charge in [0.15, 0.2) is 11.6 Å². The molecule has 0 saturated carbocycles. The second-order valence-electron chi connectivity index (χ2n) is 4.15. The summed E-state index contributed by atoms with van der Waals surface area (Å²) in [5, 5.41) is 0. The van der Waals surface area contributed by atoms with Crippen LogP contribution in [0.4, 0.5) is 10.2 Å². The van der Waals surface area contributed by atoms with E-state index in [9.17, 15) is 4.39 Å². The fourth-order valence-corrected chi connectivity index (χ4v) is 2.39. The molecule has 1 atom stereocenters. The van der Waals surface area contributed by atoms with E-state index in [1.165, 1.54) is 6.07 Å². The number of hydrogen-bond acceptors (Lipinski definition) is 3. The molecule has 2 heterocycles. The number of hydrogen-bond donors (Lipinski definition) is 1. The third-order valence-electron chi connectivity index (χ3n) is 2.94. The monoisotopic (exact) mass is 287 g/mol. The third-order valence-corrected chi connectivity index (χ3v) is 3.37. The molecule has 3 nitrogen and oxygen atoms in total. The van der Waals surface area contributed by atoms with Gasteiger partial charge in [0, 0.05) is 23.8 Å². The molecule has 88 valence electrons. The van der Waals surface area contributed by atoms with Gasteiger partial charge in [-0.2, -0.15) is 0 Å². The van der Waals surface area contributed by atoms with Crippen LogP contribution < -0.4 is 10.6 Å². The van der Waals surface area contributed by atoms with Gasteiger partial charge in [-0.1, -0.05) is 0 Å². The second kappa shape index (κ2) is 5.10. The molecule has 1 fully saturated rings. The Hall–Kier alpha value is -0.680. The molecule has 1 aromatic rings. The van der Waals surface area contributed by atoms with Gasteiger partial charge >= 0.3 is 0 Å². The molecular weight excluding hydrogens is 273 g/mol. The standard InChI is InChI=1S/C11H15BrFN3/c12-9-4-10(13)11(15-6-9)16-3-1-2-8(5-14)7-16/h4,6,8H,1-3,5,7,14H2. The van der Waals surface area contributed by atoms with E-state index >= 15 is 0 Å². The summed E-state index contributed by atoms with van der Waals surface area (Å²) in [5.41, 5.74) is 5.66. The summed E-state index contributed by atoms with van der Waals surface area (Å²) in [6.07, 6.45) is 3.81. The number of anilines is 1. The fraction of sp³-hybridized carbons (Fsp3) is 0.545. The molecule has 1 aromatic heterocycles. The zero-order chi connectivity index (χ0) is 11.5. The second-order valence-corrected chi connectivity index (χ2v) is 5.06. The molecule has 5 heteroatoms. The molecule has 0 aromatic carbocycles. The maximum absolute atomic E-state index is 13.7. The van der Waals surface area contributed by atoms with E-state index in [4.69, 9.17) is 5.73 Å². The van der Waals surface area contributed by atoms with Gasteiger partial charge in [-0.3, -0.25) is 0 Å². The van der Waals surface area contributed by atoms with Crippen LogP contribution in [0.3, 0.4) is 0 Å². The van der Waals surface area contributed by atoms with Gasteiger partial charge in [0.1, 0.15) is 0 Å². The van der Waals surface area contributed by atoms with E-state index in [2.05, 4.69) is 20.9 Å². The van der Waals surface area contributed by atoms with Gasteiger partial charge in [-0.25, -0.2) is 9.37 Å². The number of aromatic nitrogens is 1. The first-order valence-electron chi connectivity index (χ1n) is 5.46. The Balaban J connectivity index is 2.16. The SMILES string of the molecule is NCC1CCCN(c2ncc(Br)cc2F)C1. The van der Waals surface area contributed by atoms with Crippen molar-refractivity contribution in [2.75, 3.05) is 24.5 Å². The molecule has 2 rings (SSSR count). The molecule has 0 spiro atoms. The van der Waals surface area contributed by atoms with E-state index in [-0.39, 0.29) is 5.82 Å². The van der Waals surface area contributed by atoms with Gasteiger partial charge in [0.05, 0.1) is 0 Å². The Morgan fingerprint density at radius 2 is 2.44 bits per heavy atom. The molecule has 0 amide bonds. The van der Waals surface area contributed by atoms with Crippen LogP contribution in [0.25, 0.3) is 0 Å². The lowest BCUT2D eigenvalue weighted by Gasteiger charge is -2.33. The Bertz CT molecular complexity index is 372. The zero-order valence-electron chi connectivity index (χ0n) is 9.00. The molecule has 0 bridgehead atoms.